The molecule has 198 valence electrons. The van der Waals surface area contributed by atoms with Crippen molar-refractivity contribution in [3.8, 4) is 16.9 Å². The van der Waals surface area contributed by atoms with Crippen LogP contribution in [0, 0.1) is 0 Å². The Morgan fingerprint density at radius 2 is 1.97 bits per heavy atom. The number of thioether (sulfide) groups is 1. The minimum absolute atomic E-state index is 0.0984. The molecular formula is C26H19ClF3NO4S3. The maximum absolute atomic E-state index is 13.1. The number of hydrogen-bond donors (Lipinski definition) is 1. The highest BCUT2D eigenvalue weighted by atomic mass is 35.5. The number of nitrogens with zero attached hydrogens (tertiary/aromatic N) is 1. The number of amides is 1. The van der Waals surface area contributed by atoms with Gasteiger partial charge >= 0.3 is 12.1 Å². The first-order chi connectivity index (χ1) is 18.0. The number of benzene rings is 2. The van der Waals surface area contributed by atoms with Gasteiger partial charge in [-0.1, -0.05) is 47.7 Å². The molecule has 2 aromatic carbocycles. The fourth-order valence-electron chi connectivity index (χ4n) is 3.65. The lowest BCUT2D eigenvalue weighted by Crippen LogP contribution is -2.29. The van der Waals surface area contributed by atoms with Crippen LogP contribution in [0.15, 0.2) is 58.8 Å². The number of carboxylic acids is 1. The molecular weight excluding hydrogens is 579 g/mol. The van der Waals surface area contributed by atoms with E-state index in [0.29, 0.717) is 50.6 Å². The van der Waals surface area contributed by atoms with Crippen LogP contribution in [0.2, 0.25) is 5.02 Å². The summed E-state index contributed by atoms with van der Waals surface area (Å²) in [6.45, 7) is 0.644. The zero-order valence-corrected chi connectivity index (χ0v) is 22.7. The first kappa shape index (κ1) is 28.2. The monoisotopic (exact) mass is 597 g/mol. The van der Waals surface area contributed by atoms with Gasteiger partial charge in [0.25, 0.3) is 5.91 Å². The Morgan fingerprint density at radius 1 is 1.18 bits per heavy atom. The molecule has 0 unspecified atom stereocenters. The maximum atomic E-state index is 13.1. The first-order valence-corrected chi connectivity index (χ1v) is 13.6. The van der Waals surface area contributed by atoms with Gasteiger partial charge < -0.3 is 9.84 Å². The first-order valence-electron chi connectivity index (χ1n) is 11.2. The Bertz CT molecular complexity index is 1420. The maximum Gasteiger partial charge on any atom is 0.416 e. The van der Waals surface area contributed by atoms with Crippen molar-refractivity contribution in [3.63, 3.8) is 0 Å². The lowest BCUT2D eigenvalue weighted by atomic mass is 10.1. The van der Waals surface area contributed by atoms with E-state index >= 15 is 0 Å². The van der Waals surface area contributed by atoms with E-state index in [2.05, 4.69) is 0 Å². The third-order valence-electron chi connectivity index (χ3n) is 5.42. The Balaban J connectivity index is 1.37. The summed E-state index contributed by atoms with van der Waals surface area (Å²) in [5.41, 5.74) is 0.627. The van der Waals surface area contributed by atoms with Gasteiger partial charge in [-0.3, -0.25) is 14.5 Å². The lowest BCUT2D eigenvalue weighted by molar-refractivity contribution is -0.138. The molecule has 1 N–H and O–H groups in total. The Labute approximate surface area is 234 Å². The van der Waals surface area contributed by atoms with E-state index in [1.807, 2.05) is 0 Å². The van der Waals surface area contributed by atoms with Crippen LogP contribution in [0.4, 0.5) is 13.2 Å². The standard InChI is InChI=1S/C26H19ClF3NO4S3/c27-21-6-5-17(26(28,29)30)12-20(21)16-11-19(37-14-16)13-22-24(34)31(25(36)38-22)7-2-8-35-18-4-1-3-15(9-18)10-23(32)33/h1,3-6,9,11-14H,2,7-8,10H2,(H,32,33). The molecule has 12 heteroatoms. The third kappa shape index (κ3) is 6.96. The lowest BCUT2D eigenvalue weighted by Gasteiger charge is -2.14. The van der Waals surface area contributed by atoms with E-state index in [4.69, 9.17) is 33.7 Å². The predicted octanol–water partition coefficient (Wildman–Crippen LogP) is 7.38. The van der Waals surface area contributed by atoms with Crippen molar-refractivity contribution in [2.75, 3.05) is 13.2 Å². The van der Waals surface area contributed by atoms with Crippen LogP contribution in [-0.2, 0) is 22.2 Å². The number of carbonyl (C=O) groups is 2. The fourth-order valence-corrected chi connectivity index (χ4v) is 6.09. The minimum Gasteiger partial charge on any atom is -0.494 e. The van der Waals surface area contributed by atoms with Gasteiger partial charge in [0, 0.05) is 22.0 Å². The largest absolute Gasteiger partial charge is 0.494 e. The molecule has 0 radical (unpaired) electrons. The molecule has 1 aliphatic rings. The SMILES string of the molecule is O=C(O)Cc1cccc(OCCCN2C(=O)C(=Cc3cc(-c4cc(C(F)(F)F)ccc4Cl)cs3)SC2=S)c1. The van der Waals surface area contributed by atoms with Crippen LogP contribution in [0.3, 0.4) is 0 Å². The van der Waals surface area contributed by atoms with Gasteiger partial charge in [-0.05, 0) is 65.4 Å². The Hall–Kier alpha value is -2.86. The number of alkyl halides is 3. The molecule has 1 fully saturated rings. The normalized spacial score (nSPS) is 14.9. The zero-order valence-electron chi connectivity index (χ0n) is 19.5. The molecule has 1 aliphatic heterocycles. The topological polar surface area (TPSA) is 66.8 Å². The van der Waals surface area contributed by atoms with Crippen LogP contribution in [0.5, 0.6) is 5.75 Å². The number of carbonyl (C=O) groups excluding carboxylic acids is 1. The highest BCUT2D eigenvalue weighted by Gasteiger charge is 2.32. The van der Waals surface area contributed by atoms with E-state index in [-0.39, 0.29) is 22.9 Å². The predicted molar refractivity (Wildman–Crippen MR) is 148 cm³/mol. The van der Waals surface area contributed by atoms with Gasteiger partial charge in [-0.15, -0.1) is 11.3 Å². The molecule has 0 atom stereocenters. The van der Waals surface area contributed by atoms with E-state index in [0.717, 1.165) is 23.9 Å². The molecule has 0 bridgehead atoms. The number of thiophene rings is 1. The second-order valence-electron chi connectivity index (χ2n) is 8.18. The van der Waals surface area contributed by atoms with Gasteiger partial charge in [-0.25, -0.2) is 0 Å². The number of ether oxygens (including phenoxy) is 1. The molecule has 4 rings (SSSR count). The number of hydrogen-bond acceptors (Lipinski definition) is 6. The van der Waals surface area contributed by atoms with E-state index in [1.54, 1.807) is 41.8 Å². The summed E-state index contributed by atoms with van der Waals surface area (Å²) in [6, 6.07) is 11.7. The molecule has 5 nitrogen and oxygen atoms in total. The summed E-state index contributed by atoms with van der Waals surface area (Å²) in [5, 5.41) is 10.8. The second kappa shape index (κ2) is 11.9. The number of carboxylic acid groups (broad SMARTS) is 1. The van der Waals surface area contributed by atoms with Crippen molar-refractivity contribution in [3.05, 3.63) is 79.8 Å². The van der Waals surface area contributed by atoms with Gasteiger partial charge in [0.2, 0.25) is 0 Å². The van der Waals surface area contributed by atoms with Gasteiger partial charge in [0.1, 0.15) is 10.1 Å². The minimum atomic E-state index is -4.48. The van der Waals surface area contributed by atoms with E-state index in [1.165, 1.54) is 22.3 Å². The Kier molecular flexibility index (Phi) is 8.81. The summed E-state index contributed by atoms with van der Waals surface area (Å²) in [7, 11) is 0. The highest BCUT2D eigenvalue weighted by molar-refractivity contribution is 8.26. The molecule has 2 heterocycles. The molecule has 0 aliphatic carbocycles. The smallest absolute Gasteiger partial charge is 0.416 e. The fraction of sp³-hybridized carbons (Fsp3) is 0.192. The molecule has 1 saturated heterocycles. The summed E-state index contributed by atoms with van der Waals surface area (Å²) >= 11 is 14.0. The van der Waals surface area contributed by atoms with Crippen LogP contribution < -0.4 is 4.74 Å². The van der Waals surface area contributed by atoms with Crippen molar-refractivity contribution in [1.29, 1.82) is 0 Å². The molecule has 38 heavy (non-hydrogen) atoms. The summed E-state index contributed by atoms with van der Waals surface area (Å²) in [6.07, 6.45) is -2.42. The van der Waals surface area contributed by atoms with Crippen LogP contribution >= 0.6 is 46.9 Å². The zero-order chi connectivity index (χ0) is 27.4. The van der Waals surface area contributed by atoms with Crippen molar-refractivity contribution in [1.82, 2.24) is 4.90 Å². The van der Waals surface area contributed by atoms with Gasteiger partial charge in [-0.2, -0.15) is 13.2 Å². The van der Waals surface area contributed by atoms with Gasteiger partial charge in [0.15, 0.2) is 0 Å². The van der Waals surface area contributed by atoms with Crippen LogP contribution in [0.25, 0.3) is 17.2 Å². The quantitative estimate of drug-likeness (QED) is 0.158. The van der Waals surface area contributed by atoms with Crippen LogP contribution in [-0.4, -0.2) is 39.4 Å². The molecule has 0 saturated carbocycles. The summed E-state index contributed by atoms with van der Waals surface area (Å²) in [5.74, 6) is -0.637. The molecule has 1 aromatic heterocycles. The average molecular weight is 598 g/mol. The summed E-state index contributed by atoms with van der Waals surface area (Å²) in [4.78, 5) is 26.4. The Morgan fingerprint density at radius 3 is 2.71 bits per heavy atom. The number of halogens is 4. The number of rotatable bonds is 9. The second-order valence-corrected chi connectivity index (χ2v) is 11.2. The van der Waals surface area contributed by atoms with Crippen molar-refractivity contribution >= 4 is 69.2 Å². The van der Waals surface area contributed by atoms with E-state index in [9.17, 15) is 22.8 Å². The van der Waals surface area contributed by atoms with Crippen molar-refractivity contribution in [2.24, 2.45) is 0 Å². The highest BCUT2D eigenvalue weighted by Crippen LogP contribution is 2.39. The molecule has 0 spiro atoms. The molecule has 3 aromatic rings. The van der Waals surface area contributed by atoms with Gasteiger partial charge in [0.05, 0.1) is 23.5 Å². The van der Waals surface area contributed by atoms with Crippen molar-refractivity contribution in [2.45, 2.75) is 19.0 Å². The molecule has 1 amide bonds. The average Bonchev–Trinajstić information content (AvgIpc) is 3.40. The number of aliphatic carboxylic acids is 1. The van der Waals surface area contributed by atoms with Crippen molar-refractivity contribution < 1.29 is 32.6 Å². The third-order valence-corrected chi connectivity index (χ3v) is 8.01. The van der Waals surface area contributed by atoms with E-state index < -0.39 is 17.7 Å². The summed E-state index contributed by atoms with van der Waals surface area (Å²) < 4.78 is 45.5. The number of thiocarbonyl (C=S) groups is 1. The van der Waals surface area contributed by atoms with Crippen LogP contribution in [0.1, 0.15) is 22.4 Å².